The standard InChI is InChI=1S/C16H21O3P/c1-6-13-7-8-16(20(17,18)19)15(10-12(4)5)14(13)9-11(2)3/h6-8H,1-2,4,9-10H2,3,5H3,(H2,17,18,19). The molecular formula is C16H21O3P. The fourth-order valence-corrected chi connectivity index (χ4v) is 3.01. The Balaban J connectivity index is 3.64. The van der Waals surface area contributed by atoms with Crippen molar-refractivity contribution in [1.29, 1.82) is 0 Å². The molecule has 0 aromatic heterocycles. The number of rotatable bonds is 6. The van der Waals surface area contributed by atoms with Gasteiger partial charge in [-0.1, -0.05) is 43.0 Å². The van der Waals surface area contributed by atoms with E-state index in [4.69, 9.17) is 0 Å². The van der Waals surface area contributed by atoms with Crippen LogP contribution in [0, 0.1) is 0 Å². The Hall–Kier alpha value is -1.41. The highest BCUT2D eigenvalue weighted by molar-refractivity contribution is 7.60. The van der Waals surface area contributed by atoms with Gasteiger partial charge in [0.1, 0.15) is 0 Å². The second-order valence-electron chi connectivity index (χ2n) is 5.15. The Bertz CT molecular complexity index is 608. The molecule has 1 aromatic carbocycles. The molecule has 3 nitrogen and oxygen atoms in total. The number of hydrogen-bond acceptors (Lipinski definition) is 1. The molecule has 0 atom stereocenters. The normalized spacial score (nSPS) is 11.2. The molecule has 0 bridgehead atoms. The lowest BCUT2D eigenvalue weighted by molar-refractivity contribution is 0.387. The highest BCUT2D eigenvalue weighted by Crippen LogP contribution is 2.37. The van der Waals surface area contributed by atoms with Gasteiger partial charge in [-0.2, -0.15) is 0 Å². The third kappa shape index (κ3) is 4.04. The van der Waals surface area contributed by atoms with Crippen LogP contribution in [0.3, 0.4) is 0 Å². The average Bonchev–Trinajstić information content (AvgIpc) is 2.28. The zero-order chi connectivity index (χ0) is 15.5. The minimum atomic E-state index is -4.32. The summed E-state index contributed by atoms with van der Waals surface area (Å²) < 4.78 is 11.7. The fourth-order valence-electron chi connectivity index (χ4n) is 2.17. The van der Waals surface area contributed by atoms with Gasteiger partial charge in [0.05, 0.1) is 5.30 Å². The van der Waals surface area contributed by atoms with Crippen LogP contribution in [0.1, 0.15) is 30.5 Å². The maximum atomic E-state index is 11.7. The van der Waals surface area contributed by atoms with Crippen LogP contribution in [0.4, 0.5) is 0 Å². The summed E-state index contributed by atoms with van der Waals surface area (Å²) in [7, 11) is -4.32. The first-order chi connectivity index (χ1) is 9.16. The van der Waals surface area contributed by atoms with E-state index >= 15 is 0 Å². The summed E-state index contributed by atoms with van der Waals surface area (Å²) in [5.41, 5.74) is 4.17. The summed E-state index contributed by atoms with van der Waals surface area (Å²) >= 11 is 0. The van der Waals surface area contributed by atoms with Gasteiger partial charge in [0.2, 0.25) is 0 Å². The molecule has 2 N–H and O–H groups in total. The van der Waals surface area contributed by atoms with E-state index in [9.17, 15) is 14.4 Å². The van der Waals surface area contributed by atoms with Crippen molar-refractivity contribution in [2.24, 2.45) is 0 Å². The Morgan fingerprint density at radius 1 is 1.15 bits per heavy atom. The maximum absolute atomic E-state index is 11.7. The van der Waals surface area contributed by atoms with Crippen LogP contribution < -0.4 is 5.30 Å². The molecule has 0 aliphatic carbocycles. The van der Waals surface area contributed by atoms with Crippen LogP contribution in [0.5, 0.6) is 0 Å². The van der Waals surface area contributed by atoms with Gasteiger partial charge in [-0.05, 0) is 49.4 Å². The second kappa shape index (κ2) is 6.36. The van der Waals surface area contributed by atoms with Crippen LogP contribution >= 0.6 is 7.60 Å². The van der Waals surface area contributed by atoms with Gasteiger partial charge in [0.25, 0.3) is 0 Å². The zero-order valence-electron chi connectivity index (χ0n) is 12.0. The molecule has 4 heteroatoms. The van der Waals surface area contributed by atoms with E-state index in [1.54, 1.807) is 12.1 Å². The van der Waals surface area contributed by atoms with E-state index in [0.29, 0.717) is 18.4 Å². The van der Waals surface area contributed by atoms with E-state index in [-0.39, 0.29) is 5.30 Å². The molecule has 0 heterocycles. The van der Waals surface area contributed by atoms with E-state index in [2.05, 4.69) is 19.7 Å². The number of benzene rings is 1. The monoisotopic (exact) mass is 292 g/mol. The van der Waals surface area contributed by atoms with E-state index in [1.807, 2.05) is 13.8 Å². The predicted octanol–water partition coefficient (Wildman–Crippen LogP) is 3.37. The third-order valence-corrected chi connectivity index (χ3v) is 3.98. The van der Waals surface area contributed by atoms with Crippen LogP contribution in [-0.2, 0) is 17.4 Å². The first kappa shape index (κ1) is 16.6. The average molecular weight is 292 g/mol. The van der Waals surface area contributed by atoms with Crippen molar-refractivity contribution in [2.75, 3.05) is 0 Å². The first-order valence-electron chi connectivity index (χ1n) is 6.29. The van der Waals surface area contributed by atoms with Crippen molar-refractivity contribution in [1.82, 2.24) is 0 Å². The molecule has 0 aliphatic heterocycles. The number of hydrogen-bond donors (Lipinski definition) is 2. The fraction of sp³-hybridized carbons (Fsp3) is 0.250. The lowest BCUT2D eigenvalue weighted by Crippen LogP contribution is -2.16. The molecular weight excluding hydrogens is 271 g/mol. The van der Waals surface area contributed by atoms with Crippen LogP contribution in [0.2, 0.25) is 0 Å². The number of allylic oxidation sites excluding steroid dienone is 2. The molecule has 0 amide bonds. The zero-order valence-corrected chi connectivity index (χ0v) is 12.9. The van der Waals surface area contributed by atoms with Crippen molar-refractivity contribution in [2.45, 2.75) is 26.7 Å². The van der Waals surface area contributed by atoms with Crippen molar-refractivity contribution in [3.63, 3.8) is 0 Å². The summed E-state index contributed by atoms with van der Waals surface area (Å²) in [5.74, 6) is 0. The van der Waals surface area contributed by atoms with Gasteiger partial charge in [-0.25, -0.2) is 0 Å². The molecule has 0 radical (unpaired) electrons. The van der Waals surface area contributed by atoms with Crippen LogP contribution in [0.15, 0.2) is 43.0 Å². The minimum Gasteiger partial charge on any atom is -0.321 e. The highest BCUT2D eigenvalue weighted by atomic mass is 31.2. The maximum Gasteiger partial charge on any atom is 0.356 e. The SMILES string of the molecule is C=Cc1ccc(P(=O)(O)O)c(CC(=C)C)c1CC(=C)C. The van der Waals surface area contributed by atoms with E-state index < -0.39 is 7.60 Å². The topological polar surface area (TPSA) is 57.5 Å². The van der Waals surface area contributed by atoms with Gasteiger partial charge in [0.15, 0.2) is 0 Å². The quantitative estimate of drug-likeness (QED) is 0.624. The summed E-state index contributed by atoms with van der Waals surface area (Å²) in [6.45, 7) is 15.2. The van der Waals surface area contributed by atoms with Gasteiger partial charge in [-0.15, -0.1) is 0 Å². The largest absolute Gasteiger partial charge is 0.356 e. The Labute approximate surface area is 120 Å². The molecule has 108 valence electrons. The molecule has 0 saturated carbocycles. The first-order valence-corrected chi connectivity index (χ1v) is 7.90. The van der Waals surface area contributed by atoms with Gasteiger partial charge in [0, 0.05) is 0 Å². The molecule has 0 unspecified atom stereocenters. The van der Waals surface area contributed by atoms with Gasteiger partial charge >= 0.3 is 7.60 Å². The smallest absolute Gasteiger partial charge is 0.321 e. The van der Waals surface area contributed by atoms with Crippen molar-refractivity contribution >= 4 is 19.0 Å². The summed E-state index contributed by atoms with van der Waals surface area (Å²) in [5, 5.41) is 0.0716. The van der Waals surface area contributed by atoms with Gasteiger partial charge in [-0.3, -0.25) is 4.57 Å². The third-order valence-electron chi connectivity index (χ3n) is 2.93. The van der Waals surface area contributed by atoms with Crippen LogP contribution in [0.25, 0.3) is 6.08 Å². The minimum absolute atomic E-state index is 0.0716. The van der Waals surface area contributed by atoms with Crippen molar-refractivity contribution in [3.8, 4) is 0 Å². The predicted molar refractivity (Wildman–Crippen MR) is 85.2 cm³/mol. The molecule has 0 fully saturated rings. The summed E-state index contributed by atoms with van der Waals surface area (Å²) in [6, 6.07) is 3.18. The highest BCUT2D eigenvalue weighted by Gasteiger charge is 2.24. The summed E-state index contributed by atoms with van der Waals surface area (Å²) in [6.07, 6.45) is 2.70. The van der Waals surface area contributed by atoms with E-state index in [1.165, 1.54) is 6.07 Å². The van der Waals surface area contributed by atoms with Crippen molar-refractivity contribution in [3.05, 3.63) is 59.7 Å². The van der Waals surface area contributed by atoms with Crippen LogP contribution in [-0.4, -0.2) is 9.79 Å². The Morgan fingerprint density at radius 2 is 1.65 bits per heavy atom. The van der Waals surface area contributed by atoms with Gasteiger partial charge < -0.3 is 9.79 Å². The van der Waals surface area contributed by atoms with E-state index in [0.717, 1.165) is 22.3 Å². The lowest BCUT2D eigenvalue weighted by atomic mass is 9.92. The molecule has 1 aromatic rings. The lowest BCUT2D eigenvalue weighted by Gasteiger charge is -2.18. The molecule has 20 heavy (non-hydrogen) atoms. The molecule has 0 aliphatic rings. The molecule has 0 saturated heterocycles. The second-order valence-corrected chi connectivity index (χ2v) is 6.72. The summed E-state index contributed by atoms with van der Waals surface area (Å²) in [4.78, 5) is 19.1. The molecule has 0 spiro atoms. The Morgan fingerprint density at radius 3 is 2.05 bits per heavy atom. The van der Waals surface area contributed by atoms with Crippen molar-refractivity contribution < 1.29 is 14.4 Å². The molecule has 1 rings (SSSR count). The Kier molecular flexibility index (Phi) is 5.29.